The lowest BCUT2D eigenvalue weighted by molar-refractivity contribution is 0.000294. The van der Waals surface area contributed by atoms with Crippen molar-refractivity contribution in [3.63, 3.8) is 0 Å². The fourth-order valence-corrected chi connectivity index (χ4v) is 1.74. The minimum atomic E-state index is -3.06. The number of hydrogen-bond acceptors (Lipinski definition) is 1. The summed E-state index contributed by atoms with van der Waals surface area (Å²) in [4.78, 5) is 0. The van der Waals surface area contributed by atoms with Crippen LogP contribution >= 0.6 is 0 Å². The molecule has 1 aromatic carbocycles. The Kier molecular flexibility index (Phi) is 3.56. The van der Waals surface area contributed by atoms with E-state index in [2.05, 4.69) is 0 Å². The number of nitriles is 1. The molecule has 1 aromatic rings. The van der Waals surface area contributed by atoms with E-state index < -0.39 is 12.3 Å². The molecule has 0 heterocycles. The lowest BCUT2D eigenvalue weighted by atomic mass is 9.84. The maximum atomic E-state index is 13.6. The van der Waals surface area contributed by atoms with Crippen molar-refractivity contribution >= 4 is 0 Å². The molecule has 0 unspecified atom stereocenters. The minimum absolute atomic E-state index is 0.0490. The Bertz CT molecular complexity index is 450. The van der Waals surface area contributed by atoms with Gasteiger partial charge < -0.3 is 0 Å². The predicted octanol–water partition coefficient (Wildman–Crippen LogP) is 4.30. The Morgan fingerprint density at radius 3 is 2.24 bits per heavy atom. The second-order valence-electron chi connectivity index (χ2n) is 5.32. The summed E-state index contributed by atoms with van der Waals surface area (Å²) in [7, 11) is 0. The van der Waals surface area contributed by atoms with E-state index in [0.717, 1.165) is 5.56 Å². The van der Waals surface area contributed by atoms with Crippen LogP contribution < -0.4 is 0 Å². The highest BCUT2D eigenvalue weighted by molar-refractivity contribution is 5.37. The molecule has 1 nitrogen and oxygen atoms in total. The summed E-state index contributed by atoms with van der Waals surface area (Å²) in [5.41, 5.74) is 1.45. The van der Waals surface area contributed by atoms with Gasteiger partial charge in [-0.2, -0.15) is 5.26 Å². The zero-order valence-corrected chi connectivity index (χ0v) is 10.6. The van der Waals surface area contributed by atoms with Gasteiger partial charge >= 0.3 is 0 Å². The van der Waals surface area contributed by atoms with Gasteiger partial charge in [-0.25, -0.2) is 8.78 Å². The molecular formula is C14H17F2N. The van der Waals surface area contributed by atoms with Crippen LogP contribution in [0.4, 0.5) is 8.78 Å². The minimum Gasteiger partial charge on any atom is -0.200 e. The standard InChI is InChI=1S/C14H17F2N/c1-10-9-11(13(2,3)4)5-6-12(10)14(15,16)7-8-17/h5-6,9H,7H2,1-4H3. The normalized spacial score (nSPS) is 12.3. The van der Waals surface area contributed by atoms with Crippen LogP contribution in [0.15, 0.2) is 18.2 Å². The third-order valence-electron chi connectivity index (χ3n) is 2.79. The van der Waals surface area contributed by atoms with Gasteiger partial charge in [-0.3, -0.25) is 0 Å². The Labute approximate surface area is 101 Å². The van der Waals surface area contributed by atoms with E-state index in [9.17, 15) is 8.78 Å². The van der Waals surface area contributed by atoms with Crippen LogP contribution in [-0.2, 0) is 11.3 Å². The summed E-state index contributed by atoms with van der Waals surface area (Å²) in [5, 5.41) is 8.41. The van der Waals surface area contributed by atoms with Crippen LogP contribution in [-0.4, -0.2) is 0 Å². The number of nitrogens with zero attached hydrogens (tertiary/aromatic N) is 1. The van der Waals surface area contributed by atoms with Gasteiger partial charge in [0.15, 0.2) is 0 Å². The zero-order chi connectivity index (χ0) is 13.3. The average Bonchev–Trinajstić information content (AvgIpc) is 2.15. The Morgan fingerprint density at radius 2 is 1.82 bits per heavy atom. The lowest BCUT2D eigenvalue weighted by Crippen LogP contribution is -2.16. The van der Waals surface area contributed by atoms with E-state index in [1.807, 2.05) is 20.8 Å². The fourth-order valence-electron chi connectivity index (χ4n) is 1.74. The summed E-state index contributed by atoms with van der Waals surface area (Å²) < 4.78 is 27.2. The molecule has 92 valence electrons. The summed E-state index contributed by atoms with van der Waals surface area (Å²) in [6, 6.07) is 6.46. The molecular weight excluding hydrogens is 220 g/mol. The van der Waals surface area contributed by atoms with Gasteiger partial charge in [0.05, 0.1) is 6.07 Å². The smallest absolute Gasteiger partial charge is 0.200 e. The highest BCUT2D eigenvalue weighted by atomic mass is 19.3. The van der Waals surface area contributed by atoms with Crippen LogP contribution in [0, 0.1) is 18.3 Å². The molecule has 0 N–H and O–H groups in total. The molecule has 0 fully saturated rings. The molecule has 0 spiro atoms. The quantitative estimate of drug-likeness (QED) is 0.752. The van der Waals surface area contributed by atoms with Crippen molar-refractivity contribution in [2.75, 3.05) is 0 Å². The Balaban J connectivity index is 3.20. The summed E-state index contributed by atoms with van der Waals surface area (Å²) in [6.07, 6.45) is -0.775. The van der Waals surface area contributed by atoms with E-state index >= 15 is 0 Å². The van der Waals surface area contributed by atoms with Gasteiger partial charge in [0.25, 0.3) is 5.92 Å². The first-order chi connectivity index (χ1) is 7.68. The molecule has 0 saturated heterocycles. The van der Waals surface area contributed by atoms with E-state index in [1.165, 1.54) is 12.1 Å². The van der Waals surface area contributed by atoms with E-state index in [-0.39, 0.29) is 11.0 Å². The van der Waals surface area contributed by atoms with Gasteiger partial charge in [0.2, 0.25) is 0 Å². The van der Waals surface area contributed by atoms with Crippen molar-refractivity contribution in [3.8, 4) is 6.07 Å². The topological polar surface area (TPSA) is 23.8 Å². The van der Waals surface area contributed by atoms with Crippen molar-refractivity contribution in [1.82, 2.24) is 0 Å². The maximum Gasteiger partial charge on any atom is 0.286 e. The van der Waals surface area contributed by atoms with E-state index in [1.54, 1.807) is 19.1 Å². The first kappa shape index (κ1) is 13.6. The van der Waals surface area contributed by atoms with Gasteiger partial charge in [-0.15, -0.1) is 0 Å². The predicted molar refractivity (Wildman–Crippen MR) is 64.0 cm³/mol. The van der Waals surface area contributed by atoms with E-state index in [0.29, 0.717) is 5.56 Å². The molecule has 3 heteroatoms. The number of aryl methyl sites for hydroxylation is 1. The molecule has 0 aliphatic carbocycles. The SMILES string of the molecule is Cc1cc(C(C)(C)C)ccc1C(F)(F)CC#N. The number of hydrogen-bond donors (Lipinski definition) is 0. The number of benzene rings is 1. The van der Waals surface area contributed by atoms with Crippen molar-refractivity contribution < 1.29 is 8.78 Å². The molecule has 0 aliphatic heterocycles. The summed E-state index contributed by atoms with van der Waals surface area (Å²) in [6.45, 7) is 7.77. The second-order valence-corrected chi connectivity index (χ2v) is 5.32. The number of alkyl halides is 2. The first-order valence-electron chi connectivity index (χ1n) is 5.55. The Morgan fingerprint density at radius 1 is 1.24 bits per heavy atom. The van der Waals surface area contributed by atoms with Gasteiger partial charge in [0.1, 0.15) is 6.42 Å². The third-order valence-corrected chi connectivity index (χ3v) is 2.79. The van der Waals surface area contributed by atoms with Gasteiger partial charge in [0, 0.05) is 5.56 Å². The van der Waals surface area contributed by atoms with Crippen molar-refractivity contribution in [3.05, 3.63) is 34.9 Å². The largest absolute Gasteiger partial charge is 0.286 e. The summed E-state index contributed by atoms with van der Waals surface area (Å²) >= 11 is 0. The third kappa shape index (κ3) is 3.03. The van der Waals surface area contributed by atoms with E-state index in [4.69, 9.17) is 5.26 Å². The molecule has 0 radical (unpaired) electrons. The van der Waals surface area contributed by atoms with Crippen molar-refractivity contribution in [2.45, 2.75) is 45.5 Å². The van der Waals surface area contributed by atoms with Crippen LogP contribution in [0.2, 0.25) is 0 Å². The molecule has 0 amide bonds. The molecule has 0 bridgehead atoms. The molecule has 0 atom stereocenters. The monoisotopic (exact) mass is 237 g/mol. The summed E-state index contributed by atoms with van der Waals surface area (Å²) in [5.74, 6) is -3.06. The first-order valence-corrected chi connectivity index (χ1v) is 5.55. The lowest BCUT2D eigenvalue weighted by Gasteiger charge is -2.22. The second kappa shape index (κ2) is 4.44. The van der Waals surface area contributed by atoms with Gasteiger partial charge in [-0.1, -0.05) is 39.0 Å². The zero-order valence-electron chi connectivity index (χ0n) is 10.6. The molecule has 0 aliphatic rings. The van der Waals surface area contributed by atoms with Crippen LogP contribution in [0.25, 0.3) is 0 Å². The highest BCUT2D eigenvalue weighted by Gasteiger charge is 2.33. The van der Waals surface area contributed by atoms with Crippen molar-refractivity contribution in [1.29, 1.82) is 5.26 Å². The van der Waals surface area contributed by atoms with Crippen LogP contribution in [0.5, 0.6) is 0 Å². The molecule has 1 rings (SSSR count). The number of halogens is 2. The Hall–Kier alpha value is -1.43. The molecule has 0 saturated carbocycles. The fraction of sp³-hybridized carbons (Fsp3) is 0.500. The van der Waals surface area contributed by atoms with Crippen LogP contribution in [0.1, 0.15) is 43.9 Å². The van der Waals surface area contributed by atoms with Crippen LogP contribution in [0.3, 0.4) is 0 Å². The highest BCUT2D eigenvalue weighted by Crippen LogP contribution is 2.35. The van der Waals surface area contributed by atoms with Crippen molar-refractivity contribution in [2.24, 2.45) is 0 Å². The maximum absolute atomic E-state index is 13.6. The average molecular weight is 237 g/mol. The van der Waals surface area contributed by atoms with Gasteiger partial charge in [-0.05, 0) is 23.5 Å². The number of rotatable bonds is 2. The molecule has 17 heavy (non-hydrogen) atoms. The molecule has 0 aromatic heterocycles.